The van der Waals surface area contributed by atoms with Crippen molar-refractivity contribution in [3.8, 4) is 0 Å². The Bertz CT molecular complexity index is 155. The van der Waals surface area contributed by atoms with Crippen molar-refractivity contribution < 1.29 is 0 Å². The molecule has 0 saturated carbocycles. The molecule has 10 heavy (non-hydrogen) atoms. The standard InChI is InChI=1S/C8H15NS/c1-6-5-9-7(10-6)8(2,3)4/h6H,5H2,1-4H3. The first-order valence-electron chi connectivity index (χ1n) is 3.72. The predicted octanol–water partition coefficient (Wildman–Crippen LogP) is 2.57. The van der Waals surface area contributed by atoms with Gasteiger partial charge in [0.05, 0.1) is 11.6 Å². The Kier molecular flexibility index (Phi) is 2.09. The topological polar surface area (TPSA) is 12.4 Å². The monoisotopic (exact) mass is 157 g/mol. The molecule has 0 bridgehead atoms. The van der Waals surface area contributed by atoms with Gasteiger partial charge in [-0.25, -0.2) is 0 Å². The molecular formula is C8H15NS. The first kappa shape index (κ1) is 8.12. The predicted molar refractivity (Wildman–Crippen MR) is 48.8 cm³/mol. The Hall–Kier alpha value is 0.0200. The molecule has 58 valence electrons. The van der Waals surface area contributed by atoms with E-state index in [4.69, 9.17) is 0 Å². The second kappa shape index (κ2) is 2.57. The summed E-state index contributed by atoms with van der Waals surface area (Å²) in [5, 5.41) is 2.02. The van der Waals surface area contributed by atoms with Crippen LogP contribution in [0, 0.1) is 5.41 Å². The van der Waals surface area contributed by atoms with Crippen LogP contribution in [0.5, 0.6) is 0 Å². The van der Waals surface area contributed by atoms with E-state index in [1.807, 2.05) is 11.8 Å². The highest BCUT2D eigenvalue weighted by Crippen LogP contribution is 2.31. The molecule has 0 aromatic rings. The van der Waals surface area contributed by atoms with Gasteiger partial charge in [0.1, 0.15) is 0 Å². The van der Waals surface area contributed by atoms with Crippen LogP contribution in [0.25, 0.3) is 0 Å². The lowest BCUT2D eigenvalue weighted by atomic mass is 9.99. The van der Waals surface area contributed by atoms with Gasteiger partial charge >= 0.3 is 0 Å². The largest absolute Gasteiger partial charge is 0.281 e. The summed E-state index contributed by atoms with van der Waals surface area (Å²) in [6.07, 6.45) is 0. The van der Waals surface area contributed by atoms with Crippen molar-refractivity contribution in [2.45, 2.75) is 32.9 Å². The fraction of sp³-hybridized carbons (Fsp3) is 0.875. The molecule has 1 unspecified atom stereocenters. The van der Waals surface area contributed by atoms with Crippen molar-refractivity contribution in [1.82, 2.24) is 0 Å². The molecule has 0 aliphatic carbocycles. The van der Waals surface area contributed by atoms with Crippen LogP contribution >= 0.6 is 11.8 Å². The summed E-state index contributed by atoms with van der Waals surface area (Å²) in [6, 6.07) is 0. The Balaban J connectivity index is 2.60. The lowest BCUT2D eigenvalue weighted by Gasteiger charge is -2.17. The van der Waals surface area contributed by atoms with Gasteiger partial charge in [-0.3, -0.25) is 4.99 Å². The zero-order chi connectivity index (χ0) is 7.78. The summed E-state index contributed by atoms with van der Waals surface area (Å²) in [7, 11) is 0. The number of rotatable bonds is 0. The quantitative estimate of drug-likeness (QED) is 0.526. The first-order valence-corrected chi connectivity index (χ1v) is 4.59. The molecule has 1 heterocycles. The number of hydrogen-bond donors (Lipinski definition) is 0. The molecule has 1 nitrogen and oxygen atoms in total. The van der Waals surface area contributed by atoms with Gasteiger partial charge in [0.25, 0.3) is 0 Å². The maximum absolute atomic E-state index is 4.47. The van der Waals surface area contributed by atoms with E-state index in [9.17, 15) is 0 Å². The van der Waals surface area contributed by atoms with Crippen molar-refractivity contribution in [2.24, 2.45) is 10.4 Å². The first-order chi connectivity index (χ1) is 4.50. The summed E-state index contributed by atoms with van der Waals surface area (Å²) in [6.45, 7) is 9.90. The summed E-state index contributed by atoms with van der Waals surface area (Å²) in [5.74, 6) is 0. The van der Waals surface area contributed by atoms with Gasteiger partial charge < -0.3 is 0 Å². The average molecular weight is 157 g/mol. The zero-order valence-electron chi connectivity index (χ0n) is 7.14. The molecule has 1 aliphatic heterocycles. The molecule has 1 aliphatic rings. The van der Waals surface area contributed by atoms with Gasteiger partial charge in [-0.15, -0.1) is 11.8 Å². The SMILES string of the molecule is CC1CN=C(C(C)(C)C)S1. The molecule has 0 aromatic carbocycles. The van der Waals surface area contributed by atoms with Crippen LogP contribution in [0.3, 0.4) is 0 Å². The summed E-state index contributed by atoms with van der Waals surface area (Å²) in [4.78, 5) is 4.47. The minimum absolute atomic E-state index is 0.273. The van der Waals surface area contributed by atoms with E-state index in [0.717, 1.165) is 6.54 Å². The van der Waals surface area contributed by atoms with Crippen LogP contribution in [-0.4, -0.2) is 16.8 Å². The van der Waals surface area contributed by atoms with Gasteiger partial charge in [-0.2, -0.15) is 0 Å². The molecular weight excluding hydrogens is 142 g/mol. The summed E-state index contributed by atoms with van der Waals surface area (Å²) in [5.41, 5.74) is 0.273. The number of thioether (sulfide) groups is 1. The molecule has 0 radical (unpaired) electrons. The average Bonchev–Trinajstić information content (AvgIpc) is 2.11. The van der Waals surface area contributed by atoms with Crippen molar-refractivity contribution in [1.29, 1.82) is 0 Å². The van der Waals surface area contributed by atoms with Crippen LogP contribution in [0.4, 0.5) is 0 Å². The van der Waals surface area contributed by atoms with Crippen LogP contribution in [0.1, 0.15) is 27.7 Å². The van der Waals surface area contributed by atoms with Crippen molar-refractivity contribution in [3.05, 3.63) is 0 Å². The number of aliphatic imine (C=N–C) groups is 1. The molecule has 1 rings (SSSR count). The lowest BCUT2D eigenvalue weighted by Crippen LogP contribution is -2.15. The molecule has 0 aromatic heterocycles. The van der Waals surface area contributed by atoms with E-state index >= 15 is 0 Å². The van der Waals surface area contributed by atoms with Crippen molar-refractivity contribution in [2.75, 3.05) is 6.54 Å². The molecule has 0 N–H and O–H groups in total. The Morgan fingerprint density at radius 3 is 2.30 bits per heavy atom. The second-order valence-corrected chi connectivity index (χ2v) is 5.25. The fourth-order valence-electron chi connectivity index (χ4n) is 0.891. The molecule has 1 atom stereocenters. The Labute approximate surface area is 67.3 Å². The molecule has 0 saturated heterocycles. The molecule has 0 amide bonds. The number of nitrogens with zero attached hydrogens (tertiary/aromatic N) is 1. The van der Waals surface area contributed by atoms with Gasteiger partial charge in [-0.05, 0) is 0 Å². The third-order valence-electron chi connectivity index (χ3n) is 1.45. The zero-order valence-corrected chi connectivity index (χ0v) is 7.96. The minimum Gasteiger partial charge on any atom is -0.281 e. The highest BCUT2D eigenvalue weighted by atomic mass is 32.2. The van der Waals surface area contributed by atoms with E-state index in [0.29, 0.717) is 5.25 Å². The van der Waals surface area contributed by atoms with Crippen LogP contribution < -0.4 is 0 Å². The van der Waals surface area contributed by atoms with Crippen LogP contribution in [-0.2, 0) is 0 Å². The third-order valence-corrected chi connectivity index (χ3v) is 2.96. The summed E-state index contributed by atoms with van der Waals surface area (Å²) >= 11 is 1.92. The van der Waals surface area contributed by atoms with Gasteiger partial charge in [-0.1, -0.05) is 27.7 Å². The highest BCUT2D eigenvalue weighted by Gasteiger charge is 2.25. The normalized spacial score (nSPS) is 26.8. The van der Waals surface area contributed by atoms with Crippen molar-refractivity contribution >= 4 is 16.8 Å². The fourth-order valence-corrected chi connectivity index (χ4v) is 1.92. The minimum atomic E-state index is 0.273. The summed E-state index contributed by atoms with van der Waals surface area (Å²) < 4.78 is 0. The Morgan fingerprint density at radius 2 is 2.10 bits per heavy atom. The van der Waals surface area contributed by atoms with E-state index < -0.39 is 0 Å². The Morgan fingerprint density at radius 1 is 1.50 bits per heavy atom. The van der Waals surface area contributed by atoms with Gasteiger partial charge in [0.2, 0.25) is 0 Å². The van der Waals surface area contributed by atoms with Crippen molar-refractivity contribution in [3.63, 3.8) is 0 Å². The van der Waals surface area contributed by atoms with E-state index in [1.165, 1.54) is 5.04 Å². The molecule has 0 fully saturated rings. The number of hydrogen-bond acceptors (Lipinski definition) is 2. The third kappa shape index (κ3) is 1.75. The second-order valence-electron chi connectivity index (χ2n) is 3.82. The maximum atomic E-state index is 4.47. The van der Waals surface area contributed by atoms with E-state index in [-0.39, 0.29) is 5.41 Å². The van der Waals surface area contributed by atoms with E-state index in [1.54, 1.807) is 0 Å². The van der Waals surface area contributed by atoms with Gasteiger partial charge in [0.15, 0.2) is 0 Å². The smallest absolute Gasteiger partial charge is 0.0733 e. The van der Waals surface area contributed by atoms with Crippen LogP contribution in [0.2, 0.25) is 0 Å². The van der Waals surface area contributed by atoms with Crippen LogP contribution in [0.15, 0.2) is 4.99 Å². The molecule has 2 heteroatoms. The van der Waals surface area contributed by atoms with Gasteiger partial charge in [0, 0.05) is 10.7 Å². The maximum Gasteiger partial charge on any atom is 0.0733 e. The van der Waals surface area contributed by atoms with E-state index in [2.05, 4.69) is 32.7 Å². The molecule has 0 spiro atoms. The highest BCUT2D eigenvalue weighted by molar-refractivity contribution is 8.14. The lowest BCUT2D eigenvalue weighted by molar-refractivity contribution is 0.601.